The van der Waals surface area contributed by atoms with Crippen molar-refractivity contribution < 1.29 is 27.8 Å². The molecule has 2 heterocycles. The van der Waals surface area contributed by atoms with Crippen LogP contribution in [-0.4, -0.2) is 44.6 Å². The maximum Gasteiger partial charge on any atom is 0.490 e. The van der Waals surface area contributed by atoms with Gasteiger partial charge in [0.25, 0.3) is 0 Å². The molecule has 8 nitrogen and oxygen atoms in total. The van der Waals surface area contributed by atoms with Crippen molar-refractivity contribution in [2.24, 2.45) is 0 Å². The molecule has 0 unspecified atom stereocenters. The number of nitrogens with zero attached hydrogens (tertiary/aromatic N) is 3. The summed E-state index contributed by atoms with van der Waals surface area (Å²) in [5, 5.41) is 27.9. The van der Waals surface area contributed by atoms with E-state index in [0.717, 1.165) is 37.7 Å². The number of aliphatic carboxylic acids is 1. The maximum atomic E-state index is 10.6. The van der Waals surface area contributed by atoms with E-state index in [4.69, 9.17) is 19.9 Å². The van der Waals surface area contributed by atoms with Gasteiger partial charge < -0.3 is 15.2 Å². The Hall–Kier alpha value is -3.65. The number of halogens is 3. The fourth-order valence-electron chi connectivity index (χ4n) is 3.51. The van der Waals surface area contributed by atoms with Crippen LogP contribution in [0.1, 0.15) is 36.8 Å². The molecular formula is C22H22F3N5O3. The highest BCUT2D eigenvalue weighted by Gasteiger charge is 2.38. The van der Waals surface area contributed by atoms with Crippen molar-refractivity contribution in [2.45, 2.75) is 50.6 Å². The van der Waals surface area contributed by atoms with Crippen LogP contribution in [0, 0.1) is 11.3 Å². The summed E-state index contributed by atoms with van der Waals surface area (Å²) in [5.74, 6) is -2.15. The summed E-state index contributed by atoms with van der Waals surface area (Å²) in [5.41, 5.74) is 2.91. The number of hydrogen-bond acceptors (Lipinski definition) is 6. The summed E-state index contributed by atoms with van der Waals surface area (Å²) < 4.78 is 37.7. The lowest BCUT2D eigenvalue weighted by Gasteiger charge is -2.29. The number of hydrogen-bond donors (Lipinski definition) is 3. The first kappa shape index (κ1) is 24.0. The quantitative estimate of drug-likeness (QED) is 0.526. The molecular weight excluding hydrogens is 439 g/mol. The minimum atomic E-state index is -5.08. The van der Waals surface area contributed by atoms with Crippen LogP contribution in [-0.2, 0) is 11.3 Å². The zero-order valence-electron chi connectivity index (χ0n) is 17.5. The van der Waals surface area contributed by atoms with Crippen molar-refractivity contribution in [1.29, 1.82) is 5.26 Å². The number of aromatic nitrogens is 3. The van der Waals surface area contributed by atoms with E-state index >= 15 is 0 Å². The zero-order valence-corrected chi connectivity index (χ0v) is 17.5. The lowest BCUT2D eigenvalue weighted by Crippen LogP contribution is -2.36. The topological polar surface area (TPSA) is 124 Å². The molecule has 0 saturated heterocycles. The van der Waals surface area contributed by atoms with Crippen molar-refractivity contribution in [3.63, 3.8) is 0 Å². The van der Waals surface area contributed by atoms with Crippen LogP contribution >= 0.6 is 0 Å². The number of benzene rings is 1. The molecule has 1 aromatic carbocycles. The molecule has 1 aliphatic carbocycles. The molecule has 1 saturated carbocycles. The van der Waals surface area contributed by atoms with Gasteiger partial charge in [0.05, 0.1) is 17.3 Å². The Morgan fingerprint density at radius 2 is 1.94 bits per heavy atom. The van der Waals surface area contributed by atoms with Crippen LogP contribution in [0.2, 0.25) is 0 Å². The molecule has 0 radical (unpaired) electrons. The van der Waals surface area contributed by atoms with Crippen LogP contribution in [0.25, 0.3) is 10.9 Å². The molecule has 3 aromatic rings. The Kier molecular flexibility index (Phi) is 7.84. The summed E-state index contributed by atoms with van der Waals surface area (Å²) in [6.45, 7) is 0.851. The van der Waals surface area contributed by atoms with Crippen LogP contribution < -0.4 is 10.1 Å². The smallest absolute Gasteiger partial charge is 0.475 e. The number of fused-ring (bicyclic) bond motifs is 1. The minimum absolute atomic E-state index is 0.200. The van der Waals surface area contributed by atoms with E-state index in [0.29, 0.717) is 17.5 Å². The summed E-state index contributed by atoms with van der Waals surface area (Å²) in [7, 11) is 0. The van der Waals surface area contributed by atoms with Crippen molar-refractivity contribution in [3.05, 3.63) is 53.9 Å². The number of rotatable bonds is 5. The van der Waals surface area contributed by atoms with Crippen LogP contribution in [0.15, 0.2) is 42.7 Å². The maximum absolute atomic E-state index is 10.6. The summed E-state index contributed by atoms with van der Waals surface area (Å²) >= 11 is 0. The molecule has 11 heteroatoms. The van der Waals surface area contributed by atoms with Crippen molar-refractivity contribution >= 4 is 16.9 Å². The fourth-order valence-corrected chi connectivity index (χ4v) is 3.51. The average molecular weight is 461 g/mol. The number of aromatic amines is 1. The van der Waals surface area contributed by atoms with Gasteiger partial charge in [-0.05, 0) is 43.4 Å². The fraction of sp³-hybridized carbons (Fsp3) is 0.364. The molecule has 33 heavy (non-hydrogen) atoms. The second kappa shape index (κ2) is 10.8. The number of carboxylic acids is 1. The van der Waals surface area contributed by atoms with E-state index in [1.54, 1.807) is 18.3 Å². The average Bonchev–Trinajstić information content (AvgIpc) is 3.28. The molecule has 0 amide bonds. The van der Waals surface area contributed by atoms with E-state index in [1.807, 2.05) is 12.3 Å². The third-order valence-electron chi connectivity index (χ3n) is 5.23. The highest BCUT2D eigenvalue weighted by Crippen LogP contribution is 2.24. The Bertz CT molecular complexity index is 1100. The molecule has 0 aliphatic heterocycles. The first-order valence-corrected chi connectivity index (χ1v) is 10.2. The van der Waals surface area contributed by atoms with Gasteiger partial charge in [-0.1, -0.05) is 12.1 Å². The molecule has 3 N–H and O–H groups in total. The monoisotopic (exact) mass is 461 g/mol. The number of carboxylic acid groups (broad SMARTS) is 1. The number of alkyl halides is 3. The van der Waals surface area contributed by atoms with E-state index in [1.165, 1.54) is 10.9 Å². The van der Waals surface area contributed by atoms with Gasteiger partial charge in [-0.15, -0.1) is 0 Å². The predicted octanol–water partition coefficient (Wildman–Crippen LogP) is 3.94. The van der Waals surface area contributed by atoms with Gasteiger partial charge in [0.2, 0.25) is 5.88 Å². The minimum Gasteiger partial charge on any atom is -0.475 e. The second-order valence-electron chi connectivity index (χ2n) is 7.52. The van der Waals surface area contributed by atoms with Crippen molar-refractivity contribution in [2.75, 3.05) is 0 Å². The highest BCUT2D eigenvalue weighted by molar-refractivity contribution is 5.81. The van der Waals surface area contributed by atoms with Gasteiger partial charge in [-0.2, -0.15) is 23.5 Å². The Morgan fingerprint density at radius 3 is 2.55 bits per heavy atom. The Labute approximate surface area is 187 Å². The molecule has 4 rings (SSSR count). The Balaban J connectivity index is 0.000000383. The van der Waals surface area contributed by atoms with E-state index in [9.17, 15) is 13.2 Å². The first-order valence-electron chi connectivity index (χ1n) is 10.2. The third-order valence-corrected chi connectivity index (χ3v) is 5.23. The number of nitriles is 1. The largest absolute Gasteiger partial charge is 0.490 e. The molecule has 174 valence electrons. The summed E-state index contributed by atoms with van der Waals surface area (Å²) in [4.78, 5) is 13.1. The van der Waals surface area contributed by atoms with Crippen LogP contribution in [0.3, 0.4) is 0 Å². The standard InChI is InChI=1S/C20H21N5O.C2HF3O2/c21-10-14-4-9-20(23-11-14)26-17-7-5-16(6-8-17)22-12-15-2-1-3-19-18(15)13-24-25-19;3-2(4,5)1(6)7/h1-4,9,11,13,16-17,22H,5-8,12H2,(H,24,25);(H,6,7). The predicted molar refractivity (Wildman–Crippen MR) is 112 cm³/mol. The van der Waals surface area contributed by atoms with E-state index in [-0.39, 0.29) is 6.10 Å². The summed E-state index contributed by atoms with van der Waals surface area (Å²) in [6.07, 6.45) is 2.75. The third kappa shape index (κ3) is 6.92. The van der Waals surface area contributed by atoms with Crippen molar-refractivity contribution in [3.8, 4) is 11.9 Å². The van der Waals surface area contributed by atoms with Crippen LogP contribution in [0.4, 0.5) is 13.2 Å². The zero-order chi connectivity index (χ0) is 23.8. The lowest BCUT2D eigenvalue weighted by atomic mass is 9.92. The normalized spacial score (nSPS) is 18.1. The molecule has 1 aliphatic rings. The number of H-pyrrole nitrogens is 1. The SMILES string of the molecule is N#Cc1ccc(OC2CCC(NCc3cccc4[nH]ncc34)CC2)nc1.O=C(O)C(F)(F)F. The number of carbonyl (C=O) groups is 1. The summed E-state index contributed by atoms with van der Waals surface area (Å²) in [6, 6.07) is 12.3. The number of pyridine rings is 1. The molecule has 0 spiro atoms. The van der Waals surface area contributed by atoms with Gasteiger partial charge in [-0.25, -0.2) is 9.78 Å². The first-order chi connectivity index (χ1) is 15.8. The lowest BCUT2D eigenvalue weighted by molar-refractivity contribution is -0.192. The molecule has 1 fully saturated rings. The highest BCUT2D eigenvalue weighted by atomic mass is 19.4. The van der Waals surface area contributed by atoms with E-state index < -0.39 is 12.1 Å². The van der Waals surface area contributed by atoms with Gasteiger partial charge in [0.15, 0.2) is 0 Å². The molecule has 0 atom stereocenters. The van der Waals surface area contributed by atoms with Gasteiger partial charge >= 0.3 is 12.1 Å². The number of nitrogens with one attached hydrogen (secondary N) is 2. The molecule has 0 bridgehead atoms. The van der Waals surface area contributed by atoms with Gasteiger partial charge in [0.1, 0.15) is 12.2 Å². The van der Waals surface area contributed by atoms with Gasteiger partial charge in [-0.3, -0.25) is 5.10 Å². The second-order valence-corrected chi connectivity index (χ2v) is 7.52. The molecule has 2 aromatic heterocycles. The number of ether oxygens (including phenoxy) is 1. The van der Waals surface area contributed by atoms with Crippen LogP contribution in [0.5, 0.6) is 5.88 Å². The van der Waals surface area contributed by atoms with Gasteiger partial charge in [0, 0.05) is 30.2 Å². The van der Waals surface area contributed by atoms with E-state index in [2.05, 4.69) is 38.7 Å². The Morgan fingerprint density at radius 1 is 1.21 bits per heavy atom. The van der Waals surface area contributed by atoms with Crippen molar-refractivity contribution in [1.82, 2.24) is 20.5 Å².